The van der Waals surface area contributed by atoms with Crippen LogP contribution in [-0.2, 0) is 17.8 Å². The lowest BCUT2D eigenvalue weighted by Gasteiger charge is -2.31. The third-order valence-corrected chi connectivity index (χ3v) is 6.51. The van der Waals surface area contributed by atoms with Crippen molar-refractivity contribution in [2.45, 2.75) is 44.5 Å². The number of nitrogens with zero attached hydrogens (tertiary/aromatic N) is 2. The molecule has 0 saturated heterocycles. The van der Waals surface area contributed by atoms with Crippen molar-refractivity contribution in [3.8, 4) is 5.75 Å². The van der Waals surface area contributed by atoms with Gasteiger partial charge in [-0.3, -0.25) is 14.4 Å². The Balaban J connectivity index is 1.57. The van der Waals surface area contributed by atoms with Crippen molar-refractivity contribution < 1.29 is 37.0 Å². The molecule has 1 aliphatic heterocycles. The Morgan fingerprint density at radius 1 is 1.29 bits per heavy atom. The molecule has 1 saturated carbocycles. The number of ether oxygens (including phenoxy) is 1. The van der Waals surface area contributed by atoms with Gasteiger partial charge in [0.2, 0.25) is 5.43 Å². The van der Waals surface area contributed by atoms with Crippen molar-refractivity contribution in [1.29, 1.82) is 0 Å². The summed E-state index contributed by atoms with van der Waals surface area (Å²) in [6, 6.07) is 1.34. The van der Waals surface area contributed by atoms with E-state index in [1.54, 1.807) is 6.92 Å². The maximum Gasteiger partial charge on any atom is 0.276 e. The highest BCUT2D eigenvalue weighted by molar-refractivity contribution is 5.99. The van der Waals surface area contributed by atoms with Gasteiger partial charge in [-0.1, -0.05) is 13.0 Å². The molecule has 1 aromatic carbocycles. The zero-order valence-electron chi connectivity index (χ0n) is 18.9. The standard InChI is InChI=1S/C23H23F4N3O5/c1-3-15(35-2)16-20(23(16,26)27)30-7-6-29-10-13(18(31)19(32)17(29)22(30)34)21(33)28-9-11-4-5-12(24)8-14(11)25/h4-5,8,10,15-16,20,32H,3,6-7,9H2,1-2H3,(H,28,33)/t15?,16?,20-/m1/s1. The molecule has 2 amide bonds. The van der Waals surface area contributed by atoms with Gasteiger partial charge < -0.3 is 24.6 Å². The molecule has 1 aliphatic carbocycles. The van der Waals surface area contributed by atoms with Gasteiger partial charge in [0.25, 0.3) is 17.7 Å². The van der Waals surface area contributed by atoms with E-state index >= 15 is 0 Å². The van der Waals surface area contributed by atoms with Crippen molar-refractivity contribution in [3.05, 3.63) is 63.1 Å². The second-order valence-electron chi connectivity index (χ2n) is 8.51. The number of alkyl halides is 2. The van der Waals surface area contributed by atoms with E-state index in [9.17, 15) is 37.1 Å². The Kier molecular flexibility index (Phi) is 6.34. The second kappa shape index (κ2) is 8.99. The predicted octanol–water partition coefficient (Wildman–Crippen LogP) is 2.28. The zero-order valence-corrected chi connectivity index (χ0v) is 18.9. The summed E-state index contributed by atoms with van der Waals surface area (Å²) >= 11 is 0. The highest BCUT2D eigenvalue weighted by atomic mass is 19.3. The third kappa shape index (κ3) is 4.15. The first-order chi connectivity index (χ1) is 16.5. The molecule has 1 aromatic heterocycles. The fourth-order valence-electron chi connectivity index (χ4n) is 4.62. The highest BCUT2D eigenvalue weighted by Gasteiger charge is 2.74. The Labute approximate surface area is 197 Å². The van der Waals surface area contributed by atoms with Crippen LogP contribution in [0.3, 0.4) is 0 Å². The number of aromatic hydroxyl groups is 1. The SMILES string of the molecule is CCC(OC)C1[C@@H](N2CCn3cc(C(=O)NCc4ccc(F)cc4F)c(=O)c(O)c3C2=O)C1(F)F. The monoisotopic (exact) mass is 497 g/mol. The number of fused-ring (bicyclic) bond motifs is 1. The predicted molar refractivity (Wildman–Crippen MR) is 114 cm³/mol. The van der Waals surface area contributed by atoms with Crippen LogP contribution in [0.4, 0.5) is 17.6 Å². The van der Waals surface area contributed by atoms with Crippen molar-refractivity contribution in [2.24, 2.45) is 5.92 Å². The lowest BCUT2D eigenvalue weighted by atomic mass is 10.1. The number of nitrogens with one attached hydrogen (secondary N) is 1. The number of amides is 2. The summed E-state index contributed by atoms with van der Waals surface area (Å²) in [5.74, 6) is -9.03. The number of benzene rings is 1. The molecule has 2 heterocycles. The van der Waals surface area contributed by atoms with E-state index in [1.807, 2.05) is 0 Å². The maximum absolute atomic E-state index is 14.5. The topological polar surface area (TPSA) is 101 Å². The molecule has 2 aliphatic rings. The first-order valence-corrected chi connectivity index (χ1v) is 10.9. The van der Waals surface area contributed by atoms with Crippen molar-refractivity contribution >= 4 is 11.8 Å². The van der Waals surface area contributed by atoms with Gasteiger partial charge in [0.05, 0.1) is 12.0 Å². The number of rotatable bonds is 7. The number of methoxy groups -OCH3 is 1. The number of carbonyl (C=O) groups excluding carboxylic acids is 2. The molecular formula is C23H23F4N3O5. The minimum absolute atomic E-state index is 0.0331. The first-order valence-electron chi connectivity index (χ1n) is 10.9. The second-order valence-corrected chi connectivity index (χ2v) is 8.51. The number of hydrogen-bond acceptors (Lipinski definition) is 5. The molecule has 0 radical (unpaired) electrons. The van der Waals surface area contributed by atoms with Crippen molar-refractivity contribution in [2.75, 3.05) is 13.7 Å². The van der Waals surface area contributed by atoms with Crippen LogP contribution in [0.15, 0.2) is 29.2 Å². The normalized spacial score (nSPS) is 21.4. The molecule has 188 valence electrons. The molecule has 3 atom stereocenters. The molecule has 35 heavy (non-hydrogen) atoms. The summed E-state index contributed by atoms with van der Waals surface area (Å²) in [5, 5.41) is 12.8. The Hall–Kier alpha value is -3.41. The van der Waals surface area contributed by atoms with Crippen LogP contribution in [0.2, 0.25) is 0 Å². The summed E-state index contributed by atoms with van der Waals surface area (Å²) in [4.78, 5) is 39.1. The number of carbonyl (C=O) groups is 2. The van der Waals surface area contributed by atoms with Crippen LogP contribution < -0.4 is 10.7 Å². The fourth-order valence-corrected chi connectivity index (χ4v) is 4.62. The lowest BCUT2D eigenvalue weighted by Crippen LogP contribution is -2.45. The van der Waals surface area contributed by atoms with Gasteiger partial charge in [0.1, 0.15) is 23.2 Å². The smallest absolute Gasteiger partial charge is 0.276 e. The summed E-state index contributed by atoms with van der Waals surface area (Å²) in [6.45, 7) is 1.14. The summed E-state index contributed by atoms with van der Waals surface area (Å²) in [5.41, 5.74) is -2.22. The molecule has 2 aromatic rings. The van der Waals surface area contributed by atoms with Crippen LogP contribution in [0.1, 0.15) is 39.8 Å². The van der Waals surface area contributed by atoms with E-state index in [2.05, 4.69) is 5.32 Å². The molecule has 2 unspecified atom stereocenters. The molecule has 0 bridgehead atoms. The van der Waals surface area contributed by atoms with Crippen LogP contribution in [0.5, 0.6) is 5.75 Å². The number of halogens is 4. The molecule has 12 heteroatoms. The van der Waals surface area contributed by atoms with E-state index in [4.69, 9.17) is 4.74 Å². The van der Waals surface area contributed by atoms with Crippen LogP contribution in [0, 0.1) is 17.6 Å². The van der Waals surface area contributed by atoms with Crippen molar-refractivity contribution in [3.63, 3.8) is 0 Å². The van der Waals surface area contributed by atoms with Gasteiger partial charge in [-0.25, -0.2) is 17.6 Å². The largest absolute Gasteiger partial charge is 0.503 e. The quantitative estimate of drug-likeness (QED) is 0.572. The van der Waals surface area contributed by atoms with E-state index in [0.717, 1.165) is 27.8 Å². The average molecular weight is 497 g/mol. The fraction of sp³-hybridized carbons (Fsp3) is 0.435. The zero-order chi connectivity index (χ0) is 25.7. The maximum atomic E-state index is 14.5. The molecule has 1 fully saturated rings. The molecular weight excluding hydrogens is 474 g/mol. The van der Waals surface area contributed by atoms with Gasteiger partial charge in [0.15, 0.2) is 11.4 Å². The highest BCUT2D eigenvalue weighted by Crippen LogP contribution is 2.56. The third-order valence-electron chi connectivity index (χ3n) is 6.51. The van der Waals surface area contributed by atoms with Crippen LogP contribution in [-0.4, -0.2) is 58.1 Å². The average Bonchev–Trinajstić information content (AvgIpc) is 3.37. The minimum Gasteiger partial charge on any atom is -0.503 e. The summed E-state index contributed by atoms with van der Waals surface area (Å²) in [6.07, 6.45) is 0.601. The van der Waals surface area contributed by atoms with Gasteiger partial charge in [-0.15, -0.1) is 0 Å². The van der Waals surface area contributed by atoms with Crippen LogP contribution in [0.25, 0.3) is 0 Å². The summed E-state index contributed by atoms with van der Waals surface area (Å²) < 4.78 is 62.2. The van der Waals surface area contributed by atoms with Gasteiger partial charge in [-0.2, -0.15) is 0 Å². The molecule has 4 rings (SSSR count). The molecule has 0 spiro atoms. The number of aromatic nitrogens is 1. The molecule has 8 nitrogen and oxygen atoms in total. The van der Waals surface area contributed by atoms with E-state index in [-0.39, 0.29) is 25.2 Å². The first kappa shape index (κ1) is 24.7. The van der Waals surface area contributed by atoms with E-state index in [0.29, 0.717) is 12.5 Å². The molecule has 2 N–H and O–H groups in total. The Morgan fingerprint density at radius 3 is 2.63 bits per heavy atom. The van der Waals surface area contributed by atoms with Gasteiger partial charge in [-0.05, 0) is 12.5 Å². The minimum atomic E-state index is -3.18. The van der Waals surface area contributed by atoms with E-state index < -0.39 is 69.9 Å². The van der Waals surface area contributed by atoms with E-state index in [1.165, 1.54) is 7.11 Å². The lowest BCUT2D eigenvalue weighted by molar-refractivity contribution is 0.0185. The Morgan fingerprint density at radius 2 is 2.00 bits per heavy atom. The number of pyridine rings is 1. The van der Waals surface area contributed by atoms with Crippen LogP contribution >= 0.6 is 0 Å². The number of hydrogen-bond donors (Lipinski definition) is 2. The Bertz CT molecular complexity index is 1240. The van der Waals surface area contributed by atoms with Gasteiger partial charge >= 0.3 is 0 Å². The van der Waals surface area contributed by atoms with Gasteiger partial charge in [0, 0.05) is 44.6 Å². The summed E-state index contributed by atoms with van der Waals surface area (Å²) in [7, 11) is 1.31. The van der Waals surface area contributed by atoms with Crippen molar-refractivity contribution in [1.82, 2.24) is 14.8 Å².